The zero-order chi connectivity index (χ0) is 15.7. The summed E-state index contributed by atoms with van der Waals surface area (Å²) in [6, 6.07) is 17.7. The second-order valence-electron chi connectivity index (χ2n) is 5.38. The molecule has 0 aliphatic rings. The van der Waals surface area contributed by atoms with Crippen molar-refractivity contribution in [3.05, 3.63) is 82.7 Å². The van der Waals surface area contributed by atoms with Gasteiger partial charge in [-0.15, -0.1) is 12.6 Å². The Morgan fingerprint density at radius 3 is 2.36 bits per heavy atom. The summed E-state index contributed by atoms with van der Waals surface area (Å²) >= 11 is 11.7. The van der Waals surface area contributed by atoms with Crippen molar-refractivity contribution >= 4 is 24.2 Å². The van der Waals surface area contributed by atoms with Gasteiger partial charge in [0.2, 0.25) is 0 Å². The predicted octanol–water partition coefficient (Wildman–Crippen LogP) is 5.11. The van der Waals surface area contributed by atoms with Crippen molar-refractivity contribution in [3.8, 4) is 0 Å². The zero-order valence-electron chi connectivity index (χ0n) is 12.4. The van der Waals surface area contributed by atoms with Crippen molar-refractivity contribution in [1.82, 2.24) is 5.16 Å². The third kappa shape index (κ3) is 2.55. The summed E-state index contributed by atoms with van der Waals surface area (Å²) in [6.07, 6.45) is 0. The monoisotopic (exact) mass is 329 g/mol. The van der Waals surface area contributed by atoms with E-state index in [9.17, 15) is 0 Å². The van der Waals surface area contributed by atoms with Crippen molar-refractivity contribution in [3.63, 3.8) is 0 Å². The standard InChI is InChI=1S/C18H16ClNOS/c1-12-8-9-15(16(22)10-12)18(19,14-6-4-3-5-7-14)17-11-13(2)20-21-17/h3-11,22H,1-2H3. The first-order valence-electron chi connectivity index (χ1n) is 7.00. The molecule has 2 aromatic carbocycles. The van der Waals surface area contributed by atoms with Crippen LogP contribution in [0.15, 0.2) is 64.0 Å². The molecule has 112 valence electrons. The van der Waals surface area contributed by atoms with Crippen molar-refractivity contribution in [1.29, 1.82) is 0 Å². The number of halogens is 1. The van der Waals surface area contributed by atoms with Crippen molar-refractivity contribution in [2.24, 2.45) is 0 Å². The van der Waals surface area contributed by atoms with Gasteiger partial charge in [-0.25, -0.2) is 0 Å². The van der Waals surface area contributed by atoms with Crippen LogP contribution in [-0.2, 0) is 4.87 Å². The Labute approximate surface area is 140 Å². The van der Waals surface area contributed by atoms with Crippen LogP contribution in [0, 0.1) is 13.8 Å². The first-order chi connectivity index (χ1) is 10.5. The summed E-state index contributed by atoms with van der Waals surface area (Å²) in [7, 11) is 0. The van der Waals surface area contributed by atoms with Gasteiger partial charge >= 0.3 is 0 Å². The predicted molar refractivity (Wildman–Crippen MR) is 91.8 cm³/mol. The molecular formula is C18H16ClNOS. The van der Waals surface area contributed by atoms with Crippen LogP contribution in [-0.4, -0.2) is 5.16 Å². The van der Waals surface area contributed by atoms with E-state index in [1.54, 1.807) is 0 Å². The van der Waals surface area contributed by atoms with E-state index in [1.807, 2.05) is 68.4 Å². The lowest BCUT2D eigenvalue weighted by atomic mass is 9.87. The van der Waals surface area contributed by atoms with E-state index in [4.69, 9.17) is 16.1 Å². The summed E-state index contributed by atoms with van der Waals surface area (Å²) in [5.74, 6) is 0.594. The highest BCUT2D eigenvalue weighted by atomic mass is 35.5. The lowest BCUT2D eigenvalue weighted by Crippen LogP contribution is -2.22. The Morgan fingerprint density at radius 2 is 1.77 bits per heavy atom. The van der Waals surface area contributed by atoms with Crippen LogP contribution in [0.3, 0.4) is 0 Å². The van der Waals surface area contributed by atoms with Crippen LogP contribution in [0.1, 0.15) is 28.1 Å². The molecule has 0 saturated carbocycles. The third-order valence-corrected chi connectivity index (χ3v) is 4.64. The molecule has 0 aliphatic heterocycles. The lowest BCUT2D eigenvalue weighted by molar-refractivity contribution is 0.366. The summed E-state index contributed by atoms with van der Waals surface area (Å²) in [4.78, 5) is -0.124. The number of thiol groups is 1. The SMILES string of the molecule is Cc1ccc(C(Cl)(c2ccccc2)c2cc(C)no2)c(S)c1. The second-order valence-corrected chi connectivity index (χ2v) is 6.43. The van der Waals surface area contributed by atoms with Crippen LogP contribution in [0.5, 0.6) is 0 Å². The Hall–Kier alpha value is -1.71. The molecule has 22 heavy (non-hydrogen) atoms. The van der Waals surface area contributed by atoms with Gasteiger partial charge in [-0.05, 0) is 31.0 Å². The molecule has 1 atom stereocenters. The van der Waals surface area contributed by atoms with Gasteiger partial charge in [0, 0.05) is 11.0 Å². The number of aromatic nitrogens is 1. The van der Waals surface area contributed by atoms with Gasteiger partial charge in [0.15, 0.2) is 10.6 Å². The second kappa shape index (κ2) is 5.82. The van der Waals surface area contributed by atoms with Crippen molar-refractivity contribution in [2.45, 2.75) is 23.6 Å². The number of rotatable bonds is 3. The minimum atomic E-state index is -0.951. The molecule has 3 aromatic rings. The molecule has 0 bridgehead atoms. The number of benzene rings is 2. The topological polar surface area (TPSA) is 26.0 Å². The number of alkyl halides is 1. The largest absolute Gasteiger partial charge is 0.358 e. The van der Waals surface area contributed by atoms with Crippen LogP contribution in [0.2, 0.25) is 0 Å². The average molecular weight is 330 g/mol. The third-order valence-electron chi connectivity index (χ3n) is 3.66. The number of aryl methyl sites for hydroxylation is 2. The molecule has 3 rings (SSSR count). The molecule has 4 heteroatoms. The molecule has 1 aromatic heterocycles. The summed E-state index contributed by atoms with van der Waals surface area (Å²) < 4.78 is 5.51. The number of hydrogen-bond donors (Lipinski definition) is 1. The molecule has 0 fully saturated rings. The first-order valence-corrected chi connectivity index (χ1v) is 7.82. The van der Waals surface area contributed by atoms with Crippen LogP contribution in [0.25, 0.3) is 0 Å². The van der Waals surface area contributed by atoms with Crippen LogP contribution in [0.4, 0.5) is 0 Å². The van der Waals surface area contributed by atoms with E-state index < -0.39 is 4.87 Å². The average Bonchev–Trinajstić information content (AvgIpc) is 2.94. The Kier molecular flexibility index (Phi) is 4.02. The van der Waals surface area contributed by atoms with Gasteiger partial charge in [-0.1, -0.05) is 64.8 Å². The normalized spacial score (nSPS) is 13.8. The minimum Gasteiger partial charge on any atom is -0.358 e. The van der Waals surface area contributed by atoms with E-state index >= 15 is 0 Å². The van der Waals surface area contributed by atoms with Crippen molar-refractivity contribution < 1.29 is 4.52 Å². The Bertz CT molecular complexity index is 800. The maximum absolute atomic E-state index is 7.10. The van der Waals surface area contributed by atoms with E-state index in [-0.39, 0.29) is 0 Å². The fourth-order valence-electron chi connectivity index (χ4n) is 2.56. The van der Waals surface area contributed by atoms with E-state index in [1.165, 1.54) is 0 Å². The number of hydrogen-bond acceptors (Lipinski definition) is 3. The molecule has 0 N–H and O–H groups in total. The quantitative estimate of drug-likeness (QED) is 0.533. The zero-order valence-corrected chi connectivity index (χ0v) is 14.0. The molecular weight excluding hydrogens is 314 g/mol. The highest BCUT2D eigenvalue weighted by Crippen LogP contribution is 2.45. The maximum Gasteiger partial charge on any atom is 0.166 e. The molecule has 0 aliphatic carbocycles. The summed E-state index contributed by atoms with van der Waals surface area (Å²) in [5, 5.41) is 4.00. The van der Waals surface area contributed by atoms with E-state index in [2.05, 4.69) is 17.8 Å². The van der Waals surface area contributed by atoms with Gasteiger partial charge < -0.3 is 4.52 Å². The fraction of sp³-hybridized carbons (Fsp3) is 0.167. The molecule has 1 heterocycles. The van der Waals surface area contributed by atoms with Crippen molar-refractivity contribution in [2.75, 3.05) is 0 Å². The molecule has 2 nitrogen and oxygen atoms in total. The van der Waals surface area contributed by atoms with Crippen LogP contribution >= 0.6 is 24.2 Å². The van der Waals surface area contributed by atoms with Gasteiger partial charge in [-0.3, -0.25) is 0 Å². The van der Waals surface area contributed by atoms with Crippen LogP contribution < -0.4 is 0 Å². The fourth-order valence-corrected chi connectivity index (χ4v) is 3.45. The minimum absolute atomic E-state index is 0.594. The summed E-state index contributed by atoms with van der Waals surface area (Å²) in [6.45, 7) is 3.91. The lowest BCUT2D eigenvalue weighted by Gasteiger charge is -2.27. The molecule has 0 radical (unpaired) electrons. The molecule has 0 spiro atoms. The van der Waals surface area contributed by atoms with E-state index in [0.29, 0.717) is 5.76 Å². The molecule has 1 unspecified atom stereocenters. The maximum atomic E-state index is 7.10. The Morgan fingerprint density at radius 1 is 1.05 bits per heavy atom. The first kappa shape index (κ1) is 15.2. The van der Waals surface area contributed by atoms with Gasteiger partial charge in [0.25, 0.3) is 0 Å². The van der Waals surface area contributed by atoms with Gasteiger partial charge in [0.1, 0.15) is 0 Å². The van der Waals surface area contributed by atoms with Gasteiger partial charge in [-0.2, -0.15) is 0 Å². The highest BCUT2D eigenvalue weighted by molar-refractivity contribution is 7.80. The highest BCUT2D eigenvalue weighted by Gasteiger charge is 2.39. The molecule has 0 saturated heterocycles. The Balaban J connectivity index is 2.28. The smallest absolute Gasteiger partial charge is 0.166 e. The summed E-state index contributed by atoms with van der Waals surface area (Å²) in [5.41, 5.74) is 3.73. The number of nitrogens with zero attached hydrogens (tertiary/aromatic N) is 1. The van der Waals surface area contributed by atoms with Gasteiger partial charge in [0.05, 0.1) is 5.69 Å². The van der Waals surface area contributed by atoms with E-state index in [0.717, 1.165) is 27.3 Å². The molecule has 0 amide bonds.